The summed E-state index contributed by atoms with van der Waals surface area (Å²) in [5.74, 6) is 0. The zero-order chi connectivity index (χ0) is 12.2. The van der Waals surface area contributed by atoms with Crippen LogP contribution in [0.25, 0.3) is 4.96 Å². The smallest absolute Gasteiger partial charge is 0.193 e. The minimum Gasteiger partial charge on any atom is -0.379 e. The number of nitrogens with zero attached hydrogens (tertiary/aromatic N) is 3. The predicted molar refractivity (Wildman–Crippen MR) is 72.0 cm³/mol. The Kier molecular flexibility index (Phi) is 3.90. The van der Waals surface area contributed by atoms with Crippen molar-refractivity contribution in [2.75, 3.05) is 39.4 Å². The lowest BCUT2D eigenvalue weighted by Crippen LogP contribution is -2.40. The highest BCUT2D eigenvalue weighted by Crippen LogP contribution is 2.10. The second kappa shape index (κ2) is 5.79. The molecular formula is C12H18N4OS. The zero-order valence-corrected chi connectivity index (χ0v) is 11.2. The summed E-state index contributed by atoms with van der Waals surface area (Å²) in [6.45, 7) is 6.80. The number of hydrogen-bond donors (Lipinski definition) is 1. The molecule has 3 rings (SSSR count). The summed E-state index contributed by atoms with van der Waals surface area (Å²) in [5.41, 5.74) is 1.11. The topological polar surface area (TPSA) is 41.8 Å². The summed E-state index contributed by atoms with van der Waals surface area (Å²) >= 11 is 1.67. The van der Waals surface area contributed by atoms with Crippen LogP contribution in [0.4, 0.5) is 0 Å². The third kappa shape index (κ3) is 2.89. The van der Waals surface area contributed by atoms with E-state index in [-0.39, 0.29) is 0 Å². The van der Waals surface area contributed by atoms with E-state index in [1.54, 1.807) is 11.3 Å². The molecule has 5 nitrogen and oxygen atoms in total. The Balaban J connectivity index is 1.40. The van der Waals surface area contributed by atoms with Gasteiger partial charge >= 0.3 is 0 Å². The van der Waals surface area contributed by atoms with Gasteiger partial charge in [-0.3, -0.25) is 9.30 Å². The van der Waals surface area contributed by atoms with Crippen molar-refractivity contribution in [2.24, 2.45) is 0 Å². The molecule has 98 valence electrons. The molecule has 0 atom stereocenters. The van der Waals surface area contributed by atoms with Crippen LogP contribution in [-0.2, 0) is 11.3 Å². The van der Waals surface area contributed by atoms with E-state index < -0.39 is 0 Å². The highest BCUT2D eigenvalue weighted by atomic mass is 32.1. The van der Waals surface area contributed by atoms with Crippen LogP contribution < -0.4 is 5.32 Å². The Bertz CT molecular complexity index is 460. The van der Waals surface area contributed by atoms with E-state index >= 15 is 0 Å². The number of morpholine rings is 1. The van der Waals surface area contributed by atoms with Crippen molar-refractivity contribution in [2.45, 2.75) is 6.54 Å². The molecule has 1 fully saturated rings. The van der Waals surface area contributed by atoms with Crippen molar-refractivity contribution in [3.8, 4) is 0 Å². The number of rotatable bonds is 5. The molecule has 3 heterocycles. The molecule has 1 saturated heterocycles. The minimum absolute atomic E-state index is 0.846. The lowest BCUT2D eigenvalue weighted by molar-refractivity contribution is 0.0384. The molecule has 1 aliphatic rings. The highest BCUT2D eigenvalue weighted by molar-refractivity contribution is 7.15. The van der Waals surface area contributed by atoms with Crippen molar-refractivity contribution in [1.82, 2.24) is 19.6 Å². The zero-order valence-electron chi connectivity index (χ0n) is 10.3. The van der Waals surface area contributed by atoms with Crippen LogP contribution in [0, 0.1) is 0 Å². The number of hydrogen-bond acceptors (Lipinski definition) is 5. The molecular weight excluding hydrogens is 248 g/mol. The Hall–Kier alpha value is -0.950. The van der Waals surface area contributed by atoms with Crippen LogP contribution in [0.2, 0.25) is 0 Å². The van der Waals surface area contributed by atoms with E-state index in [4.69, 9.17) is 4.74 Å². The Labute approximate surface area is 110 Å². The molecule has 0 amide bonds. The van der Waals surface area contributed by atoms with Crippen molar-refractivity contribution in [1.29, 1.82) is 0 Å². The van der Waals surface area contributed by atoms with Gasteiger partial charge in [-0.1, -0.05) is 0 Å². The third-order valence-electron chi connectivity index (χ3n) is 3.16. The molecule has 0 spiro atoms. The van der Waals surface area contributed by atoms with Gasteiger partial charge in [0.25, 0.3) is 0 Å². The van der Waals surface area contributed by atoms with Crippen LogP contribution >= 0.6 is 11.3 Å². The summed E-state index contributed by atoms with van der Waals surface area (Å²) in [5, 5.41) is 5.50. The number of fused-ring (bicyclic) bond motifs is 1. The molecule has 0 bridgehead atoms. The maximum atomic E-state index is 5.33. The first-order valence-corrected chi connectivity index (χ1v) is 7.22. The molecule has 0 aromatic carbocycles. The van der Waals surface area contributed by atoms with Crippen LogP contribution in [0.1, 0.15) is 5.69 Å². The van der Waals surface area contributed by atoms with Crippen molar-refractivity contribution < 1.29 is 4.74 Å². The predicted octanol–water partition coefficient (Wildman–Crippen LogP) is 0.818. The Morgan fingerprint density at radius 1 is 1.39 bits per heavy atom. The van der Waals surface area contributed by atoms with E-state index in [0.717, 1.165) is 56.6 Å². The molecule has 2 aromatic heterocycles. The fraction of sp³-hybridized carbons (Fsp3) is 0.583. The quantitative estimate of drug-likeness (QED) is 0.814. The summed E-state index contributed by atoms with van der Waals surface area (Å²) in [6, 6.07) is 0. The minimum atomic E-state index is 0.846. The number of nitrogens with one attached hydrogen (secondary N) is 1. The number of aromatic nitrogens is 2. The summed E-state index contributed by atoms with van der Waals surface area (Å²) < 4.78 is 7.40. The molecule has 0 unspecified atom stereocenters. The van der Waals surface area contributed by atoms with Gasteiger partial charge in [-0.25, -0.2) is 4.98 Å². The lowest BCUT2D eigenvalue weighted by atomic mass is 10.4. The molecule has 2 aromatic rings. The number of imidazole rings is 1. The first-order valence-electron chi connectivity index (χ1n) is 6.34. The fourth-order valence-corrected chi connectivity index (χ4v) is 2.86. The van der Waals surface area contributed by atoms with Gasteiger partial charge in [0, 0.05) is 50.5 Å². The van der Waals surface area contributed by atoms with Crippen LogP contribution in [0.5, 0.6) is 0 Å². The largest absolute Gasteiger partial charge is 0.379 e. The number of ether oxygens (including phenoxy) is 1. The summed E-state index contributed by atoms with van der Waals surface area (Å²) in [7, 11) is 0. The monoisotopic (exact) mass is 266 g/mol. The fourth-order valence-electron chi connectivity index (χ4n) is 2.14. The van der Waals surface area contributed by atoms with Crippen molar-refractivity contribution >= 4 is 16.3 Å². The van der Waals surface area contributed by atoms with Gasteiger partial charge in [0.2, 0.25) is 0 Å². The van der Waals surface area contributed by atoms with Crippen LogP contribution in [-0.4, -0.2) is 53.7 Å². The lowest BCUT2D eigenvalue weighted by Gasteiger charge is -2.26. The second-order valence-electron chi connectivity index (χ2n) is 4.46. The standard InChI is InChI=1S/C12H18N4OS/c1(2-15-3-6-17-7-4-15)13-9-11-10-16-5-8-18-12(16)14-11/h5,8,10,13H,1-4,6-7,9H2. The average Bonchev–Trinajstić information content (AvgIpc) is 2.96. The van der Waals surface area contributed by atoms with Gasteiger partial charge in [0.05, 0.1) is 18.9 Å². The van der Waals surface area contributed by atoms with E-state index in [9.17, 15) is 0 Å². The van der Waals surface area contributed by atoms with Crippen LogP contribution in [0.3, 0.4) is 0 Å². The summed E-state index contributed by atoms with van der Waals surface area (Å²) in [6.07, 6.45) is 4.14. The maximum absolute atomic E-state index is 5.33. The molecule has 1 N–H and O–H groups in total. The van der Waals surface area contributed by atoms with Crippen molar-refractivity contribution in [3.05, 3.63) is 23.5 Å². The molecule has 0 saturated carbocycles. The Morgan fingerprint density at radius 2 is 2.28 bits per heavy atom. The Morgan fingerprint density at radius 3 is 3.11 bits per heavy atom. The van der Waals surface area contributed by atoms with Gasteiger partial charge in [-0.15, -0.1) is 11.3 Å². The normalized spacial score (nSPS) is 17.6. The van der Waals surface area contributed by atoms with Crippen molar-refractivity contribution in [3.63, 3.8) is 0 Å². The van der Waals surface area contributed by atoms with Gasteiger partial charge in [-0.05, 0) is 0 Å². The molecule has 0 aliphatic carbocycles. The van der Waals surface area contributed by atoms with Gasteiger partial charge < -0.3 is 10.1 Å². The second-order valence-corrected chi connectivity index (χ2v) is 5.33. The summed E-state index contributed by atoms with van der Waals surface area (Å²) in [4.78, 5) is 8.04. The maximum Gasteiger partial charge on any atom is 0.193 e. The first kappa shape index (κ1) is 12.1. The number of thiazole rings is 1. The van der Waals surface area contributed by atoms with E-state index in [1.165, 1.54) is 0 Å². The molecule has 6 heteroatoms. The first-order chi connectivity index (χ1) is 8.92. The average molecular weight is 266 g/mol. The van der Waals surface area contributed by atoms with E-state index in [2.05, 4.69) is 31.2 Å². The highest BCUT2D eigenvalue weighted by Gasteiger charge is 2.09. The molecule has 1 aliphatic heterocycles. The van der Waals surface area contributed by atoms with Crippen LogP contribution in [0.15, 0.2) is 17.8 Å². The van der Waals surface area contributed by atoms with E-state index in [0.29, 0.717) is 0 Å². The van der Waals surface area contributed by atoms with Gasteiger partial charge in [0.1, 0.15) is 0 Å². The third-order valence-corrected chi connectivity index (χ3v) is 3.93. The SMILES string of the molecule is c1cn2cc(CNCCN3CCOCC3)nc2s1. The van der Waals surface area contributed by atoms with Gasteiger partial charge in [-0.2, -0.15) is 0 Å². The molecule has 18 heavy (non-hydrogen) atoms. The van der Waals surface area contributed by atoms with Gasteiger partial charge in [0.15, 0.2) is 4.96 Å². The van der Waals surface area contributed by atoms with E-state index in [1.807, 2.05) is 6.20 Å². The molecule has 0 radical (unpaired) electrons.